The van der Waals surface area contributed by atoms with Gasteiger partial charge in [0.25, 0.3) is 5.91 Å². The van der Waals surface area contributed by atoms with E-state index in [-0.39, 0.29) is 24.4 Å². The van der Waals surface area contributed by atoms with Crippen LogP contribution in [0.3, 0.4) is 0 Å². The number of hydrogen-bond donors (Lipinski definition) is 3. The van der Waals surface area contributed by atoms with Crippen molar-refractivity contribution in [3.8, 4) is 0 Å². The van der Waals surface area contributed by atoms with Crippen molar-refractivity contribution in [3.63, 3.8) is 0 Å². The molecule has 1 aliphatic heterocycles. The quantitative estimate of drug-likeness (QED) is 0.714. The van der Waals surface area contributed by atoms with Gasteiger partial charge in [-0.25, -0.2) is 0 Å². The third-order valence-electron chi connectivity index (χ3n) is 4.49. The molecule has 0 radical (unpaired) electrons. The van der Waals surface area contributed by atoms with Crippen molar-refractivity contribution < 1.29 is 14.5 Å². The van der Waals surface area contributed by atoms with Crippen molar-refractivity contribution in [1.82, 2.24) is 10.6 Å². The molecule has 25 heavy (non-hydrogen) atoms. The largest absolute Gasteiger partial charge is 0.346 e. The summed E-state index contributed by atoms with van der Waals surface area (Å²) < 4.78 is 0. The third kappa shape index (κ3) is 5.16. The second-order valence-electron chi connectivity index (χ2n) is 6.47. The van der Waals surface area contributed by atoms with Crippen molar-refractivity contribution in [3.05, 3.63) is 71.8 Å². The van der Waals surface area contributed by atoms with Crippen LogP contribution in [-0.4, -0.2) is 37.5 Å². The number of likely N-dealkylation sites (tertiary alicyclic amines) is 1. The molecular formula is C20H24N3O2+. The molecule has 1 heterocycles. The molecule has 0 spiro atoms. The van der Waals surface area contributed by atoms with Crippen molar-refractivity contribution in [1.29, 1.82) is 0 Å². The number of carbonyl (C=O) groups is 2. The van der Waals surface area contributed by atoms with Crippen LogP contribution in [0.5, 0.6) is 0 Å². The zero-order chi connectivity index (χ0) is 17.5. The standard InChI is InChI=1S/C20H23N3O2/c24-19(13-21-20(25)17-9-5-2-6-10-17)22-18-11-12-23(15-18)14-16-7-3-1-4-8-16/h1-10,18H,11-15H2,(H,21,25)(H,22,24)/p+1/t18-/m0/s1. The van der Waals surface area contributed by atoms with E-state index >= 15 is 0 Å². The van der Waals surface area contributed by atoms with Gasteiger partial charge in [-0.15, -0.1) is 0 Å². The number of amides is 2. The van der Waals surface area contributed by atoms with Gasteiger partial charge in [0, 0.05) is 17.5 Å². The summed E-state index contributed by atoms with van der Waals surface area (Å²) in [6, 6.07) is 19.5. The number of hydrogen-bond acceptors (Lipinski definition) is 2. The Labute approximate surface area is 148 Å². The van der Waals surface area contributed by atoms with Crippen LogP contribution in [0.1, 0.15) is 22.3 Å². The van der Waals surface area contributed by atoms with Crippen LogP contribution < -0.4 is 15.5 Å². The topological polar surface area (TPSA) is 62.6 Å². The Morgan fingerprint density at radius 1 is 1.00 bits per heavy atom. The Kier molecular flexibility index (Phi) is 5.80. The lowest BCUT2D eigenvalue weighted by atomic mass is 10.2. The van der Waals surface area contributed by atoms with E-state index < -0.39 is 0 Å². The molecule has 2 amide bonds. The summed E-state index contributed by atoms with van der Waals surface area (Å²) in [7, 11) is 0. The molecule has 2 aromatic carbocycles. The average molecular weight is 338 g/mol. The van der Waals surface area contributed by atoms with Gasteiger partial charge >= 0.3 is 0 Å². The Morgan fingerprint density at radius 2 is 1.68 bits per heavy atom. The van der Waals surface area contributed by atoms with E-state index in [9.17, 15) is 9.59 Å². The number of benzene rings is 2. The molecular weight excluding hydrogens is 314 g/mol. The minimum atomic E-state index is -0.224. The first-order valence-corrected chi connectivity index (χ1v) is 8.71. The van der Waals surface area contributed by atoms with Gasteiger partial charge in [-0.1, -0.05) is 48.5 Å². The lowest BCUT2D eigenvalue weighted by Crippen LogP contribution is -3.09. The van der Waals surface area contributed by atoms with Crippen molar-refractivity contribution in [2.75, 3.05) is 19.6 Å². The normalized spacial score (nSPS) is 19.4. The van der Waals surface area contributed by atoms with Crippen molar-refractivity contribution >= 4 is 11.8 Å². The second kappa shape index (κ2) is 8.44. The number of carbonyl (C=O) groups excluding carboxylic acids is 2. The first-order valence-electron chi connectivity index (χ1n) is 8.71. The van der Waals surface area contributed by atoms with E-state index in [1.54, 1.807) is 24.3 Å². The highest BCUT2D eigenvalue weighted by Gasteiger charge is 2.27. The maximum atomic E-state index is 12.1. The summed E-state index contributed by atoms with van der Waals surface area (Å²) in [5, 5.41) is 5.69. The van der Waals surface area contributed by atoms with Crippen LogP contribution in [0.2, 0.25) is 0 Å². The second-order valence-corrected chi connectivity index (χ2v) is 6.47. The molecule has 1 fully saturated rings. The molecule has 1 saturated heterocycles. The molecule has 130 valence electrons. The maximum absolute atomic E-state index is 12.1. The number of nitrogens with one attached hydrogen (secondary N) is 3. The monoisotopic (exact) mass is 338 g/mol. The molecule has 0 aliphatic carbocycles. The molecule has 5 nitrogen and oxygen atoms in total. The molecule has 3 N–H and O–H groups in total. The first-order chi connectivity index (χ1) is 12.2. The highest BCUT2D eigenvalue weighted by atomic mass is 16.2. The van der Waals surface area contributed by atoms with E-state index in [1.165, 1.54) is 10.5 Å². The molecule has 0 saturated carbocycles. The summed E-state index contributed by atoms with van der Waals surface area (Å²) in [4.78, 5) is 25.5. The average Bonchev–Trinajstić information content (AvgIpc) is 3.08. The zero-order valence-corrected chi connectivity index (χ0v) is 14.2. The predicted molar refractivity (Wildman–Crippen MR) is 96.2 cm³/mol. The molecule has 0 bridgehead atoms. The number of quaternary nitrogens is 1. The molecule has 3 rings (SSSR count). The highest BCUT2D eigenvalue weighted by Crippen LogP contribution is 2.00. The van der Waals surface area contributed by atoms with Gasteiger partial charge < -0.3 is 15.5 Å². The van der Waals surface area contributed by atoms with Gasteiger partial charge in [0.1, 0.15) is 6.54 Å². The van der Waals surface area contributed by atoms with Crippen molar-refractivity contribution in [2.24, 2.45) is 0 Å². The number of rotatable bonds is 6. The molecule has 2 aromatic rings. The van der Waals surface area contributed by atoms with E-state index in [4.69, 9.17) is 0 Å². The lowest BCUT2D eigenvalue weighted by Gasteiger charge is -2.14. The smallest absolute Gasteiger partial charge is 0.251 e. The highest BCUT2D eigenvalue weighted by molar-refractivity contribution is 5.96. The Bertz CT molecular complexity index is 703. The Hall–Kier alpha value is -2.66. The van der Waals surface area contributed by atoms with Gasteiger partial charge in [-0.05, 0) is 12.1 Å². The van der Waals surface area contributed by atoms with Crippen molar-refractivity contribution in [2.45, 2.75) is 19.0 Å². The predicted octanol–water partition coefficient (Wildman–Crippen LogP) is 0.390. The minimum absolute atomic E-state index is 0.0121. The zero-order valence-electron chi connectivity index (χ0n) is 14.2. The van der Waals surface area contributed by atoms with E-state index in [2.05, 4.69) is 34.9 Å². The van der Waals surface area contributed by atoms with Crippen LogP contribution in [0.15, 0.2) is 60.7 Å². The first kappa shape index (κ1) is 17.2. The summed E-state index contributed by atoms with van der Waals surface area (Å²) in [5.41, 5.74) is 1.88. The summed E-state index contributed by atoms with van der Waals surface area (Å²) in [6.07, 6.45) is 0.973. The Morgan fingerprint density at radius 3 is 2.40 bits per heavy atom. The SMILES string of the molecule is O=C(CNC(=O)c1ccccc1)N[C@H]1CC[NH+](Cc2ccccc2)C1. The minimum Gasteiger partial charge on any atom is -0.346 e. The lowest BCUT2D eigenvalue weighted by molar-refractivity contribution is -0.901. The summed E-state index contributed by atoms with van der Waals surface area (Å²) >= 11 is 0. The van der Waals surface area contributed by atoms with Gasteiger partial charge in [0.2, 0.25) is 5.91 Å². The third-order valence-corrected chi connectivity index (χ3v) is 4.49. The summed E-state index contributed by atoms with van der Waals surface area (Å²) in [6.45, 7) is 2.97. The fraction of sp³-hybridized carbons (Fsp3) is 0.300. The van der Waals surface area contributed by atoms with Crippen LogP contribution in [0.25, 0.3) is 0 Å². The molecule has 2 atom stereocenters. The van der Waals surface area contributed by atoms with Crippen LogP contribution in [0, 0.1) is 0 Å². The maximum Gasteiger partial charge on any atom is 0.251 e. The van der Waals surface area contributed by atoms with Gasteiger partial charge in [0.15, 0.2) is 0 Å². The van der Waals surface area contributed by atoms with Gasteiger partial charge in [-0.3, -0.25) is 9.59 Å². The van der Waals surface area contributed by atoms with Crippen LogP contribution >= 0.6 is 0 Å². The molecule has 0 aromatic heterocycles. The molecule has 1 unspecified atom stereocenters. The van der Waals surface area contributed by atoms with Gasteiger partial charge in [-0.2, -0.15) is 0 Å². The van der Waals surface area contributed by atoms with Crippen LogP contribution in [0.4, 0.5) is 0 Å². The fourth-order valence-electron chi connectivity index (χ4n) is 3.23. The van der Waals surface area contributed by atoms with E-state index in [0.29, 0.717) is 5.56 Å². The molecule has 1 aliphatic rings. The van der Waals surface area contributed by atoms with Gasteiger partial charge in [0.05, 0.1) is 25.7 Å². The van der Waals surface area contributed by atoms with E-state index in [0.717, 1.165) is 26.1 Å². The Balaban J connectivity index is 1.39. The van der Waals surface area contributed by atoms with E-state index in [1.807, 2.05) is 12.1 Å². The summed E-state index contributed by atoms with van der Waals surface area (Å²) in [5.74, 6) is -0.353. The van der Waals surface area contributed by atoms with Crippen LogP contribution in [-0.2, 0) is 11.3 Å². The fourth-order valence-corrected chi connectivity index (χ4v) is 3.23. The molecule has 5 heteroatoms.